The van der Waals surface area contributed by atoms with E-state index in [1.54, 1.807) is 75.5 Å². The number of halogens is 2. The zero-order valence-electron chi connectivity index (χ0n) is 21.9. The molecule has 39 heavy (non-hydrogen) atoms. The van der Waals surface area contributed by atoms with Crippen LogP contribution in [0.4, 0.5) is 27.5 Å². The Balaban J connectivity index is 1.46. The summed E-state index contributed by atoms with van der Waals surface area (Å²) in [5.74, 6) is 0.941. The quantitative estimate of drug-likeness (QED) is 0.205. The molecule has 0 aliphatic rings. The number of hydrogen-bond acceptors (Lipinski definition) is 7. The summed E-state index contributed by atoms with van der Waals surface area (Å²) >= 11 is 6.40. The Morgan fingerprint density at radius 2 is 1.72 bits per heavy atom. The van der Waals surface area contributed by atoms with Gasteiger partial charge >= 0.3 is 0 Å². The Morgan fingerprint density at radius 3 is 2.44 bits per heavy atom. The van der Waals surface area contributed by atoms with Gasteiger partial charge in [0.05, 0.1) is 9.92 Å². The minimum atomic E-state index is -3.70. The number of rotatable bonds is 9. The number of ether oxygens (including phenoxy) is 1. The summed E-state index contributed by atoms with van der Waals surface area (Å²) in [5.41, 5.74) is 2.04. The van der Waals surface area contributed by atoms with Crippen LogP contribution in [-0.4, -0.2) is 23.9 Å². The lowest BCUT2D eigenvalue weighted by Crippen LogP contribution is -2.40. The first-order valence-electron chi connectivity index (χ1n) is 12.1. The maximum absolute atomic E-state index is 13.4. The van der Waals surface area contributed by atoms with Crippen LogP contribution >= 0.6 is 11.6 Å². The van der Waals surface area contributed by atoms with Crippen molar-refractivity contribution in [2.24, 2.45) is 0 Å². The van der Waals surface area contributed by atoms with Gasteiger partial charge in [-0.3, -0.25) is 0 Å². The Hall–Kier alpha value is -3.73. The fraction of sp³-hybridized carbons (Fsp3) is 0.214. The van der Waals surface area contributed by atoms with Crippen LogP contribution in [0.5, 0.6) is 5.75 Å². The summed E-state index contributed by atoms with van der Waals surface area (Å²) < 4.78 is 47.3. The molecule has 4 aromatic rings. The Morgan fingerprint density at radius 1 is 0.974 bits per heavy atom. The third-order valence-corrected chi connectivity index (χ3v) is 7.34. The molecule has 0 radical (unpaired) electrons. The first-order chi connectivity index (χ1) is 18.4. The maximum atomic E-state index is 13.4. The fourth-order valence-corrected chi connectivity index (χ4v) is 5.28. The van der Waals surface area contributed by atoms with E-state index in [0.29, 0.717) is 39.5 Å². The molecule has 0 spiro atoms. The predicted octanol–water partition coefficient (Wildman–Crippen LogP) is 6.72. The highest BCUT2D eigenvalue weighted by molar-refractivity contribution is 7.89. The lowest BCUT2D eigenvalue weighted by molar-refractivity contribution is 0.306. The number of aryl methyl sites for hydroxylation is 1. The summed E-state index contributed by atoms with van der Waals surface area (Å²) in [6.07, 6.45) is 1.65. The standard InChI is InChI=1S/C28H29ClFN5O3S/c1-18-16-31-27(33-22-11-12-25(24(29)15-22)38-17-19-7-5-8-20(30)13-19)34-26(18)32-21-9-6-10-23(14-21)39(36,37)35-28(2,3)4/h5-16,35H,17H2,1-4H3,(H2,31,32,33,34). The van der Waals surface area contributed by atoms with Crippen molar-refractivity contribution in [3.63, 3.8) is 0 Å². The molecule has 3 aromatic carbocycles. The van der Waals surface area contributed by atoms with Crippen LogP contribution in [0.15, 0.2) is 77.8 Å². The molecule has 204 valence electrons. The van der Waals surface area contributed by atoms with Crippen LogP contribution in [0.2, 0.25) is 5.02 Å². The topological polar surface area (TPSA) is 105 Å². The van der Waals surface area contributed by atoms with Crippen molar-refractivity contribution in [3.8, 4) is 5.75 Å². The van der Waals surface area contributed by atoms with E-state index >= 15 is 0 Å². The molecule has 1 aromatic heterocycles. The lowest BCUT2D eigenvalue weighted by Gasteiger charge is -2.20. The summed E-state index contributed by atoms with van der Waals surface area (Å²) in [5, 5.41) is 6.65. The average Bonchev–Trinajstić information content (AvgIpc) is 2.84. The van der Waals surface area contributed by atoms with Gasteiger partial charge in [0.25, 0.3) is 0 Å². The van der Waals surface area contributed by atoms with Crippen molar-refractivity contribution >= 4 is 44.8 Å². The van der Waals surface area contributed by atoms with Gasteiger partial charge < -0.3 is 15.4 Å². The number of sulfonamides is 1. The first kappa shape index (κ1) is 28.3. The number of nitrogens with one attached hydrogen (secondary N) is 3. The second-order valence-electron chi connectivity index (χ2n) is 9.92. The summed E-state index contributed by atoms with van der Waals surface area (Å²) in [4.78, 5) is 9.01. The summed E-state index contributed by atoms with van der Waals surface area (Å²) in [6, 6.07) is 17.8. The molecule has 0 amide bonds. The minimum absolute atomic E-state index is 0.141. The van der Waals surface area contributed by atoms with Crippen molar-refractivity contribution in [2.75, 3.05) is 10.6 Å². The van der Waals surface area contributed by atoms with Gasteiger partial charge in [-0.2, -0.15) is 4.98 Å². The second kappa shape index (κ2) is 11.6. The molecule has 0 saturated carbocycles. The van der Waals surface area contributed by atoms with Crippen molar-refractivity contribution in [1.82, 2.24) is 14.7 Å². The molecule has 0 atom stereocenters. The van der Waals surface area contributed by atoms with Gasteiger partial charge in [-0.1, -0.05) is 29.8 Å². The van der Waals surface area contributed by atoms with Crippen LogP contribution in [0.3, 0.4) is 0 Å². The number of nitrogens with zero attached hydrogens (tertiary/aromatic N) is 2. The Bertz CT molecular complexity index is 1590. The van der Waals surface area contributed by atoms with E-state index in [1.807, 2.05) is 6.92 Å². The van der Waals surface area contributed by atoms with E-state index in [1.165, 1.54) is 18.2 Å². The van der Waals surface area contributed by atoms with Gasteiger partial charge in [0.15, 0.2) is 0 Å². The molecule has 0 unspecified atom stereocenters. The van der Waals surface area contributed by atoms with Gasteiger partial charge in [-0.15, -0.1) is 0 Å². The van der Waals surface area contributed by atoms with Gasteiger partial charge in [0.2, 0.25) is 16.0 Å². The largest absolute Gasteiger partial charge is 0.487 e. The van der Waals surface area contributed by atoms with E-state index in [2.05, 4.69) is 25.3 Å². The molecule has 0 fully saturated rings. The molecule has 11 heteroatoms. The second-order valence-corrected chi connectivity index (χ2v) is 12.0. The number of aromatic nitrogens is 2. The van der Waals surface area contributed by atoms with E-state index in [9.17, 15) is 12.8 Å². The molecule has 4 rings (SSSR count). The van der Waals surface area contributed by atoms with Crippen molar-refractivity contribution in [1.29, 1.82) is 0 Å². The van der Waals surface area contributed by atoms with Crippen LogP contribution in [0.1, 0.15) is 31.9 Å². The molecule has 8 nitrogen and oxygen atoms in total. The maximum Gasteiger partial charge on any atom is 0.241 e. The molecule has 0 aliphatic carbocycles. The summed E-state index contributed by atoms with van der Waals surface area (Å²) in [6.45, 7) is 7.37. The molecule has 0 saturated heterocycles. The SMILES string of the molecule is Cc1cnc(Nc2ccc(OCc3cccc(F)c3)c(Cl)c2)nc1Nc1cccc(S(=O)(=O)NC(C)(C)C)c1. The number of anilines is 4. The van der Waals surface area contributed by atoms with Crippen LogP contribution in [-0.2, 0) is 16.6 Å². The van der Waals surface area contributed by atoms with E-state index in [-0.39, 0.29) is 17.3 Å². The lowest BCUT2D eigenvalue weighted by atomic mass is 10.1. The summed E-state index contributed by atoms with van der Waals surface area (Å²) in [7, 11) is -3.70. The third kappa shape index (κ3) is 7.89. The number of benzene rings is 3. The van der Waals surface area contributed by atoms with Crippen LogP contribution in [0.25, 0.3) is 0 Å². The molecule has 1 heterocycles. The highest BCUT2D eigenvalue weighted by Crippen LogP contribution is 2.30. The van der Waals surface area contributed by atoms with Gasteiger partial charge in [-0.05, 0) is 81.8 Å². The molecular formula is C28H29ClFN5O3S. The van der Waals surface area contributed by atoms with Gasteiger partial charge in [0, 0.05) is 28.7 Å². The average molecular weight is 570 g/mol. The zero-order valence-corrected chi connectivity index (χ0v) is 23.5. The molecular weight excluding hydrogens is 541 g/mol. The van der Waals surface area contributed by atoms with E-state index in [0.717, 1.165) is 5.56 Å². The zero-order chi connectivity index (χ0) is 28.2. The molecule has 3 N–H and O–H groups in total. The minimum Gasteiger partial charge on any atom is -0.487 e. The normalized spacial score (nSPS) is 11.7. The first-order valence-corrected chi connectivity index (χ1v) is 13.9. The monoisotopic (exact) mass is 569 g/mol. The molecule has 0 bridgehead atoms. The van der Waals surface area contributed by atoms with Crippen LogP contribution in [0, 0.1) is 12.7 Å². The Kier molecular flexibility index (Phi) is 8.39. The van der Waals surface area contributed by atoms with Gasteiger partial charge in [0.1, 0.15) is 24.0 Å². The number of hydrogen-bond donors (Lipinski definition) is 3. The van der Waals surface area contributed by atoms with Crippen molar-refractivity contribution in [3.05, 3.63) is 94.9 Å². The Labute approximate surface area is 232 Å². The predicted molar refractivity (Wildman–Crippen MR) is 152 cm³/mol. The van der Waals surface area contributed by atoms with E-state index in [4.69, 9.17) is 16.3 Å². The van der Waals surface area contributed by atoms with Crippen molar-refractivity contribution < 1.29 is 17.5 Å². The van der Waals surface area contributed by atoms with E-state index < -0.39 is 15.6 Å². The highest BCUT2D eigenvalue weighted by atomic mass is 35.5. The molecule has 0 aliphatic heterocycles. The van der Waals surface area contributed by atoms with Gasteiger partial charge in [-0.25, -0.2) is 22.5 Å². The highest BCUT2D eigenvalue weighted by Gasteiger charge is 2.22. The smallest absolute Gasteiger partial charge is 0.241 e. The third-order valence-electron chi connectivity index (χ3n) is 5.29. The fourth-order valence-electron chi connectivity index (χ4n) is 3.58. The van der Waals surface area contributed by atoms with Crippen LogP contribution < -0.4 is 20.1 Å². The van der Waals surface area contributed by atoms with Crippen molar-refractivity contribution in [2.45, 2.75) is 44.7 Å².